The second kappa shape index (κ2) is 9.74. The maximum atomic E-state index is 13.0. The Labute approximate surface area is 190 Å². The van der Waals surface area contributed by atoms with Crippen molar-refractivity contribution in [1.82, 2.24) is 19.8 Å². The standard InChI is InChI=1S/C22H24ClN5O2S/c1-30-13-16-11-27(8-2-3-17-5-7-20(23)31-17)12-21(29)28(16)10-15-4-6-18-19(9-15)25-14-26-22(18)24/h2-7,9,14,16H,8,10-13H2,1H3,(H2,24,25,26)/b3-2+/t16-/m0/s1. The molecule has 31 heavy (non-hydrogen) atoms. The number of thiophene rings is 1. The lowest BCUT2D eigenvalue weighted by atomic mass is 10.1. The van der Waals surface area contributed by atoms with Crippen LogP contribution in [-0.4, -0.2) is 65.1 Å². The number of carbonyl (C=O) groups excluding carboxylic acids is 1. The average Bonchev–Trinajstić information content (AvgIpc) is 3.16. The van der Waals surface area contributed by atoms with Crippen molar-refractivity contribution in [3.05, 3.63) is 57.5 Å². The number of amides is 1. The van der Waals surface area contributed by atoms with Crippen LogP contribution in [0.5, 0.6) is 0 Å². The average molecular weight is 458 g/mol. The van der Waals surface area contributed by atoms with Crippen molar-refractivity contribution in [2.45, 2.75) is 12.6 Å². The molecule has 9 heteroatoms. The van der Waals surface area contributed by atoms with Crippen molar-refractivity contribution in [3.8, 4) is 0 Å². The van der Waals surface area contributed by atoms with Gasteiger partial charge in [0.15, 0.2) is 0 Å². The summed E-state index contributed by atoms with van der Waals surface area (Å²) in [6.45, 7) is 2.80. The van der Waals surface area contributed by atoms with Gasteiger partial charge in [-0.3, -0.25) is 9.69 Å². The topological polar surface area (TPSA) is 84.6 Å². The summed E-state index contributed by atoms with van der Waals surface area (Å²) in [5.41, 5.74) is 7.70. The van der Waals surface area contributed by atoms with E-state index in [1.165, 1.54) is 17.7 Å². The minimum absolute atomic E-state index is 0.0259. The largest absolute Gasteiger partial charge is 0.383 e. The van der Waals surface area contributed by atoms with Gasteiger partial charge in [-0.15, -0.1) is 11.3 Å². The van der Waals surface area contributed by atoms with Crippen molar-refractivity contribution in [2.75, 3.05) is 39.1 Å². The zero-order chi connectivity index (χ0) is 21.8. The maximum Gasteiger partial charge on any atom is 0.237 e. The van der Waals surface area contributed by atoms with Gasteiger partial charge in [-0.05, 0) is 35.9 Å². The number of rotatable bonds is 7. The molecule has 3 aromatic rings. The molecule has 1 aliphatic heterocycles. The van der Waals surface area contributed by atoms with E-state index in [-0.39, 0.29) is 11.9 Å². The fourth-order valence-electron chi connectivity index (χ4n) is 3.79. The van der Waals surface area contributed by atoms with Gasteiger partial charge in [0.25, 0.3) is 0 Å². The number of hydrogen-bond acceptors (Lipinski definition) is 7. The highest BCUT2D eigenvalue weighted by Crippen LogP contribution is 2.23. The molecule has 1 aromatic carbocycles. The van der Waals surface area contributed by atoms with E-state index < -0.39 is 0 Å². The molecule has 7 nitrogen and oxygen atoms in total. The zero-order valence-electron chi connectivity index (χ0n) is 17.2. The Morgan fingerprint density at radius 3 is 2.97 bits per heavy atom. The number of aromatic nitrogens is 2. The first-order chi connectivity index (χ1) is 15.0. The van der Waals surface area contributed by atoms with Crippen molar-refractivity contribution in [2.24, 2.45) is 0 Å². The summed E-state index contributed by atoms with van der Waals surface area (Å²) in [5.74, 6) is 0.541. The van der Waals surface area contributed by atoms with Crippen molar-refractivity contribution in [1.29, 1.82) is 0 Å². The first-order valence-corrected chi connectivity index (χ1v) is 11.1. The minimum atomic E-state index is -0.0259. The monoisotopic (exact) mass is 457 g/mol. The second-order valence-electron chi connectivity index (χ2n) is 7.48. The molecule has 0 spiro atoms. The molecule has 1 aliphatic rings. The van der Waals surface area contributed by atoms with Gasteiger partial charge in [0, 0.05) is 37.0 Å². The van der Waals surface area contributed by atoms with Crippen molar-refractivity contribution >= 4 is 51.6 Å². The number of hydrogen-bond donors (Lipinski definition) is 1. The van der Waals surface area contributed by atoms with Gasteiger partial charge in [0.2, 0.25) is 5.91 Å². The normalized spacial score (nSPS) is 17.8. The van der Waals surface area contributed by atoms with Gasteiger partial charge < -0.3 is 15.4 Å². The zero-order valence-corrected chi connectivity index (χ0v) is 18.8. The molecule has 0 aliphatic carbocycles. The van der Waals surface area contributed by atoms with Gasteiger partial charge >= 0.3 is 0 Å². The van der Waals surface area contributed by atoms with Gasteiger partial charge in [0.05, 0.1) is 29.0 Å². The molecule has 1 amide bonds. The highest BCUT2D eigenvalue weighted by Gasteiger charge is 2.32. The first kappa shape index (κ1) is 21.7. The number of benzene rings is 1. The molecule has 3 heterocycles. The molecule has 0 unspecified atom stereocenters. The third-order valence-electron chi connectivity index (χ3n) is 5.27. The van der Waals surface area contributed by atoms with Crippen LogP contribution < -0.4 is 5.73 Å². The van der Waals surface area contributed by atoms with Crippen LogP contribution in [0.4, 0.5) is 5.82 Å². The van der Waals surface area contributed by atoms with E-state index in [0.717, 1.165) is 32.2 Å². The quantitative estimate of drug-likeness (QED) is 0.586. The van der Waals surface area contributed by atoms with Crippen LogP contribution >= 0.6 is 22.9 Å². The van der Waals surface area contributed by atoms with E-state index in [1.807, 2.05) is 41.3 Å². The number of fused-ring (bicyclic) bond motifs is 1. The number of ether oxygens (including phenoxy) is 1. The Balaban J connectivity index is 1.44. The van der Waals surface area contributed by atoms with E-state index in [1.54, 1.807) is 7.11 Å². The smallest absolute Gasteiger partial charge is 0.237 e. The number of methoxy groups -OCH3 is 1. The lowest BCUT2D eigenvalue weighted by molar-refractivity contribution is -0.142. The van der Waals surface area contributed by atoms with E-state index in [0.29, 0.717) is 32.1 Å². The summed E-state index contributed by atoms with van der Waals surface area (Å²) in [7, 11) is 1.66. The van der Waals surface area contributed by atoms with Crippen LogP contribution in [0.2, 0.25) is 4.34 Å². The molecule has 0 saturated carbocycles. The number of nitrogens with zero attached hydrogens (tertiary/aromatic N) is 4. The third-order valence-corrected chi connectivity index (χ3v) is 6.47. The minimum Gasteiger partial charge on any atom is -0.383 e. The van der Waals surface area contributed by atoms with E-state index in [9.17, 15) is 4.79 Å². The molecule has 1 atom stereocenters. The summed E-state index contributed by atoms with van der Waals surface area (Å²) in [4.78, 5) is 26.5. The molecule has 162 valence electrons. The number of nitrogen functional groups attached to an aromatic ring is 1. The molecular weight excluding hydrogens is 434 g/mol. The Hall–Kier alpha value is -2.52. The van der Waals surface area contributed by atoms with Crippen LogP contribution in [-0.2, 0) is 16.1 Å². The Kier molecular flexibility index (Phi) is 6.82. The number of carbonyl (C=O) groups is 1. The van der Waals surface area contributed by atoms with Crippen molar-refractivity contribution < 1.29 is 9.53 Å². The predicted molar refractivity (Wildman–Crippen MR) is 125 cm³/mol. The molecule has 2 N–H and O–H groups in total. The fourth-order valence-corrected chi connectivity index (χ4v) is 4.78. The number of anilines is 1. The maximum absolute atomic E-state index is 13.0. The molecule has 1 fully saturated rings. The Morgan fingerprint density at radius 1 is 1.32 bits per heavy atom. The fraction of sp³-hybridized carbons (Fsp3) is 0.318. The lowest BCUT2D eigenvalue weighted by Crippen LogP contribution is -2.57. The highest BCUT2D eigenvalue weighted by atomic mass is 35.5. The van der Waals surface area contributed by atoms with E-state index in [2.05, 4.69) is 20.9 Å². The predicted octanol–water partition coefficient (Wildman–Crippen LogP) is 3.30. The Bertz CT molecular complexity index is 1100. The summed E-state index contributed by atoms with van der Waals surface area (Å²) in [5, 5.41) is 0.814. The van der Waals surface area contributed by atoms with E-state index >= 15 is 0 Å². The van der Waals surface area contributed by atoms with Gasteiger partial charge in [-0.1, -0.05) is 23.7 Å². The third kappa shape index (κ3) is 5.22. The summed E-state index contributed by atoms with van der Waals surface area (Å²) >= 11 is 7.52. The SMILES string of the molecule is COC[C@@H]1CN(C/C=C/c2ccc(Cl)s2)CC(=O)N1Cc1ccc2c(N)ncnc2c1. The molecule has 0 bridgehead atoms. The lowest BCUT2D eigenvalue weighted by Gasteiger charge is -2.40. The summed E-state index contributed by atoms with van der Waals surface area (Å²) in [6.07, 6.45) is 5.57. The molecule has 1 saturated heterocycles. The van der Waals surface area contributed by atoms with Crippen LogP contribution in [0.3, 0.4) is 0 Å². The number of halogens is 1. The highest BCUT2D eigenvalue weighted by molar-refractivity contribution is 7.16. The molecule has 4 rings (SSSR count). The van der Waals surface area contributed by atoms with Crippen LogP contribution in [0.1, 0.15) is 10.4 Å². The number of nitrogens with two attached hydrogens (primary N) is 1. The second-order valence-corrected chi connectivity index (χ2v) is 9.23. The number of piperazine rings is 1. The van der Waals surface area contributed by atoms with E-state index in [4.69, 9.17) is 22.1 Å². The molecule has 0 radical (unpaired) electrons. The van der Waals surface area contributed by atoms with Gasteiger partial charge in [0.1, 0.15) is 12.1 Å². The van der Waals surface area contributed by atoms with Crippen molar-refractivity contribution in [3.63, 3.8) is 0 Å². The summed E-state index contributed by atoms with van der Waals surface area (Å²) < 4.78 is 6.19. The Morgan fingerprint density at radius 2 is 2.19 bits per heavy atom. The molecule has 2 aromatic heterocycles. The first-order valence-electron chi connectivity index (χ1n) is 9.95. The van der Waals surface area contributed by atoms with Gasteiger partial charge in [-0.25, -0.2) is 9.97 Å². The molecular formula is C22H24ClN5O2S. The van der Waals surface area contributed by atoms with Crippen LogP contribution in [0.15, 0.2) is 42.7 Å². The summed E-state index contributed by atoms with van der Waals surface area (Å²) in [6, 6.07) is 9.69. The van der Waals surface area contributed by atoms with Crippen LogP contribution in [0, 0.1) is 0 Å². The van der Waals surface area contributed by atoms with Crippen LogP contribution in [0.25, 0.3) is 17.0 Å². The van der Waals surface area contributed by atoms with Gasteiger partial charge in [-0.2, -0.15) is 0 Å².